The fourth-order valence-electron chi connectivity index (χ4n) is 2.29. The van der Waals surface area contributed by atoms with Gasteiger partial charge in [-0.2, -0.15) is 0 Å². The maximum atomic E-state index is 12.4. The van der Waals surface area contributed by atoms with Crippen molar-refractivity contribution in [2.24, 2.45) is 0 Å². The van der Waals surface area contributed by atoms with E-state index in [1.165, 1.54) is 12.1 Å². The van der Waals surface area contributed by atoms with Gasteiger partial charge in [0.1, 0.15) is 0 Å². The SMILES string of the molecule is CC(C)S(=O)(=O)Nc1ccc(C(=O)Nc2ccc(C(=O)NC(C)(C)C)cc2)cc1. The van der Waals surface area contributed by atoms with Gasteiger partial charge in [-0.25, -0.2) is 8.42 Å². The fourth-order valence-corrected chi connectivity index (χ4v) is 2.99. The number of hydrogen-bond acceptors (Lipinski definition) is 4. The van der Waals surface area contributed by atoms with Crippen LogP contribution in [0.3, 0.4) is 0 Å². The van der Waals surface area contributed by atoms with Gasteiger partial charge >= 0.3 is 0 Å². The molecule has 2 amide bonds. The van der Waals surface area contributed by atoms with Crippen molar-refractivity contribution in [3.63, 3.8) is 0 Å². The third-order valence-electron chi connectivity index (χ3n) is 3.92. The summed E-state index contributed by atoms with van der Waals surface area (Å²) in [6.45, 7) is 8.87. The number of sulfonamides is 1. The maximum Gasteiger partial charge on any atom is 0.255 e. The van der Waals surface area contributed by atoms with Crippen LogP contribution in [0.15, 0.2) is 48.5 Å². The molecule has 2 aromatic carbocycles. The van der Waals surface area contributed by atoms with Gasteiger partial charge in [-0.15, -0.1) is 0 Å². The van der Waals surface area contributed by atoms with Crippen molar-refractivity contribution in [1.29, 1.82) is 0 Å². The lowest BCUT2D eigenvalue weighted by Gasteiger charge is -2.20. The summed E-state index contributed by atoms with van der Waals surface area (Å²) in [5, 5.41) is 5.07. The van der Waals surface area contributed by atoms with Gasteiger partial charge in [-0.05, 0) is 83.1 Å². The van der Waals surface area contributed by atoms with Gasteiger partial charge in [0, 0.05) is 28.0 Å². The van der Waals surface area contributed by atoms with Crippen LogP contribution in [0, 0.1) is 0 Å². The Morgan fingerprint density at radius 1 is 0.793 bits per heavy atom. The van der Waals surface area contributed by atoms with Gasteiger partial charge in [0.05, 0.1) is 5.25 Å². The summed E-state index contributed by atoms with van der Waals surface area (Å²) in [6, 6.07) is 12.7. The zero-order chi connectivity index (χ0) is 21.8. The highest BCUT2D eigenvalue weighted by molar-refractivity contribution is 7.93. The van der Waals surface area contributed by atoms with Crippen LogP contribution in [0.2, 0.25) is 0 Å². The van der Waals surface area contributed by atoms with E-state index in [4.69, 9.17) is 0 Å². The molecular formula is C21H27N3O4S. The highest BCUT2D eigenvalue weighted by Crippen LogP contribution is 2.16. The van der Waals surface area contributed by atoms with E-state index in [0.29, 0.717) is 22.5 Å². The molecule has 0 atom stereocenters. The molecule has 2 rings (SSSR count). The first-order chi connectivity index (χ1) is 13.4. The van der Waals surface area contributed by atoms with E-state index < -0.39 is 15.3 Å². The number of benzene rings is 2. The number of anilines is 2. The van der Waals surface area contributed by atoms with Gasteiger partial charge in [0.25, 0.3) is 11.8 Å². The van der Waals surface area contributed by atoms with E-state index in [1.54, 1.807) is 50.2 Å². The number of hydrogen-bond donors (Lipinski definition) is 3. The molecule has 0 spiro atoms. The van der Waals surface area contributed by atoms with E-state index in [0.717, 1.165) is 0 Å². The van der Waals surface area contributed by atoms with Crippen molar-refractivity contribution in [2.75, 3.05) is 10.0 Å². The summed E-state index contributed by atoms with van der Waals surface area (Å²) >= 11 is 0. The molecule has 0 saturated carbocycles. The molecule has 0 aliphatic carbocycles. The predicted molar refractivity (Wildman–Crippen MR) is 116 cm³/mol. The first kappa shape index (κ1) is 22.4. The third-order valence-corrected chi connectivity index (χ3v) is 5.68. The molecule has 7 nitrogen and oxygen atoms in total. The predicted octanol–water partition coefficient (Wildman–Crippen LogP) is 3.62. The zero-order valence-electron chi connectivity index (χ0n) is 17.2. The Morgan fingerprint density at radius 3 is 1.69 bits per heavy atom. The first-order valence-corrected chi connectivity index (χ1v) is 10.8. The molecule has 0 saturated heterocycles. The molecule has 0 aromatic heterocycles. The van der Waals surface area contributed by atoms with Crippen molar-refractivity contribution < 1.29 is 18.0 Å². The average molecular weight is 418 g/mol. The monoisotopic (exact) mass is 417 g/mol. The number of amides is 2. The Labute approximate surface area is 172 Å². The molecule has 3 N–H and O–H groups in total. The Balaban J connectivity index is 2.02. The minimum atomic E-state index is -3.44. The minimum Gasteiger partial charge on any atom is -0.347 e. The maximum absolute atomic E-state index is 12.4. The summed E-state index contributed by atoms with van der Waals surface area (Å²) < 4.78 is 26.3. The summed E-state index contributed by atoms with van der Waals surface area (Å²) in [5.41, 5.74) is 1.49. The largest absolute Gasteiger partial charge is 0.347 e. The number of carbonyl (C=O) groups is 2. The lowest BCUT2D eigenvalue weighted by Crippen LogP contribution is -2.40. The molecule has 0 fully saturated rings. The van der Waals surface area contributed by atoms with E-state index in [2.05, 4.69) is 15.4 Å². The lowest BCUT2D eigenvalue weighted by atomic mass is 10.1. The molecule has 0 heterocycles. The fraction of sp³-hybridized carbons (Fsp3) is 0.333. The molecule has 29 heavy (non-hydrogen) atoms. The Hall–Kier alpha value is -2.87. The quantitative estimate of drug-likeness (QED) is 0.668. The Morgan fingerprint density at radius 2 is 1.24 bits per heavy atom. The molecule has 0 aliphatic rings. The lowest BCUT2D eigenvalue weighted by molar-refractivity contribution is 0.0919. The van der Waals surface area contributed by atoms with Crippen LogP contribution in [-0.4, -0.2) is 31.0 Å². The highest BCUT2D eigenvalue weighted by Gasteiger charge is 2.17. The molecular weight excluding hydrogens is 390 g/mol. The van der Waals surface area contributed by atoms with Crippen LogP contribution in [0.1, 0.15) is 55.3 Å². The topological polar surface area (TPSA) is 104 Å². The molecule has 8 heteroatoms. The van der Waals surface area contributed by atoms with Crippen molar-refractivity contribution in [3.8, 4) is 0 Å². The van der Waals surface area contributed by atoms with Crippen molar-refractivity contribution in [3.05, 3.63) is 59.7 Å². The van der Waals surface area contributed by atoms with E-state index in [9.17, 15) is 18.0 Å². The smallest absolute Gasteiger partial charge is 0.255 e. The van der Waals surface area contributed by atoms with E-state index >= 15 is 0 Å². The molecule has 0 radical (unpaired) electrons. The second-order valence-corrected chi connectivity index (χ2v) is 10.2. The molecule has 156 valence electrons. The second-order valence-electron chi connectivity index (χ2n) is 8.01. The van der Waals surface area contributed by atoms with Crippen LogP contribution in [0.25, 0.3) is 0 Å². The Kier molecular flexibility index (Phi) is 6.69. The van der Waals surface area contributed by atoms with Gasteiger partial charge < -0.3 is 10.6 Å². The van der Waals surface area contributed by atoms with Gasteiger partial charge in [0.15, 0.2) is 0 Å². The van der Waals surface area contributed by atoms with Crippen LogP contribution < -0.4 is 15.4 Å². The van der Waals surface area contributed by atoms with E-state index in [-0.39, 0.29) is 17.4 Å². The first-order valence-electron chi connectivity index (χ1n) is 9.23. The average Bonchev–Trinajstić information content (AvgIpc) is 2.61. The van der Waals surface area contributed by atoms with Gasteiger partial charge in [-0.3, -0.25) is 14.3 Å². The standard InChI is InChI=1S/C21H27N3O4S/c1-14(2)29(27,28)24-18-12-8-15(9-13-18)19(25)22-17-10-6-16(7-11-17)20(26)23-21(3,4)5/h6-14,24H,1-5H3,(H,22,25)(H,23,26). The molecule has 0 unspecified atom stereocenters. The molecule has 0 aliphatic heterocycles. The summed E-state index contributed by atoms with van der Waals surface area (Å²) in [5.74, 6) is -0.523. The number of nitrogens with one attached hydrogen (secondary N) is 3. The minimum absolute atomic E-state index is 0.185. The summed E-state index contributed by atoms with van der Waals surface area (Å²) in [7, 11) is -3.44. The van der Waals surface area contributed by atoms with Crippen molar-refractivity contribution in [2.45, 2.75) is 45.4 Å². The van der Waals surface area contributed by atoms with Crippen LogP contribution in [0.5, 0.6) is 0 Å². The van der Waals surface area contributed by atoms with Gasteiger partial charge in [-0.1, -0.05) is 0 Å². The van der Waals surface area contributed by atoms with Crippen molar-refractivity contribution >= 4 is 33.2 Å². The normalized spacial score (nSPS) is 11.8. The number of rotatable bonds is 6. The van der Waals surface area contributed by atoms with E-state index in [1.807, 2.05) is 20.8 Å². The van der Waals surface area contributed by atoms with Crippen LogP contribution in [-0.2, 0) is 10.0 Å². The van der Waals surface area contributed by atoms with Crippen LogP contribution >= 0.6 is 0 Å². The second kappa shape index (κ2) is 8.65. The highest BCUT2D eigenvalue weighted by atomic mass is 32.2. The van der Waals surface area contributed by atoms with Gasteiger partial charge in [0.2, 0.25) is 10.0 Å². The number of carbonyl (C=O) groups excluding carboxylic acids is 2. The zero-order valence-corrected chi connectivity index (χ0v) is 18.1. The molecule has 2 aromatic rings. The van der Waals surface area contributed by atoms with Crippen molar-refractivity contribution in [1.82, 2.24) is 5.32 Å². The summed E-state index contributed by atoms with van der Waals surface area (Å²) in [4.78, 5) is 24.5. The Bertz CT molecular complexity index is 974. The third kappa shape index (κ3) is 6.60. The summed E-state index contributed by atoms with van der Waals surface area (Å²) in [6.07, 6.45) is 0. The molecule has 0 bridgehead atoms. The van der Waals surface area contributed by atoms with Crippen LogP contribution in [0.4, 0.5) is 11.4 Å².